The lowest BCUT2D eigenvalue weighted by molar-refractivity contribution is -0.153. The number of rotatable bonds is 4. The number of benzene rings is 2. The lowest BCUT2D eigenvalue weighted by atomic mass is 10.1. The highest BCUT2D eigenvalue weighted by Crippen LogP contribution is 2.26. The third-order valence-electron chi connectivity index (χ3n) is 5.11. The van der Waals surface area contributed by atoms with Gasteiger partial charge in [0.05, 0.1) is 12.1 Å². The number of halogens is 3. The molecule has 4 nitrogen and oxygen atoms in total. The number of hydrogen-bond acceptors (Lipinski definition) is 3. The molecule has 0 N–H and O–H groups in total. The van der Waals surface area contributed by atoms with Crippen LogP contribution in [0.15, 0.2) is 42.5 Å². The summed E-state index contributed by atoms with van der Waals surface area (Å²) >= 11 is 0. The van der Waals surface area contributed by atoms with E-state index in [9.17, 15) is 18.0 Å². The van der Waals surface area contributed by atoms with E-state index in [-0.39, 0.29) is 30.5 Å². The number of carbonyl (C=O) groups excluding carboxylic acids is 1. The van der Waals surface area contributed by atoms with Crippen molar-refractivity contribution in [2.24, 2.45) is 0 Å². The first kappa shape index (κ1) is 18.0. The van der Waals surface area contributed by atoms with Crippen LogP contribution in [0.5, 0.6) is 0 Å². The summed E-state index contributed by atoms with van der Waals surface area (Å²) in [5.74, 6) is -2.15. The summed E-state index contributed by atoms with van der Waals surface area (Å²) in [7, 11) is 0. The van der Waals surface area contributed by atoms with E-state index in [1.165, 1.54) is 18.2 Å². The summed E-state index contributed by atoms with van der Waals surface area (Å²) in [6, 6.07) is 9.84. The van der Waals surface area contributed by atoms with Crippen molar-refractivity contribution in [1.82, 2.24) is 9.80 Å². The Morgan fingerprint density at radius 2 is 1.67 bits per heavy atom. The van der Waals surface area contributed by atoms with E-state index in [1.807, 2.05) is 0 Å². The number of hydrogen-bond donors (Lipinski definition) is 0. The van der Waals surface area contributed by atoms with Crippen LogP contribution < -0.4 is 0 Å². The number of morpholine rings is 1. The number of amides is 1. The molecule has 1 amide bonds. The molecule has 4 rings (SSSR count). The molecule has 27 heavy (non-hydrogen) atoms. The van der Waals surface area contributed by atoms with Crippen molar-refractivity contribution in [2.45, 2.75) is 25.2 Å². The highest BCUT2D eigenvalue weighted by Gasteiger charge is 2.43. The highest BCUT2D eigenvalue weighted by molar-refractivity contribution is 5.78. The highest BCUT2D eigenvalue weighted by atomic mass is 19.2. The van der Waals surface area contributed by atoms with E-state index < -0.39 is 11.6 Å². The minimum absolute atomic E-state index is 0.0153. The van der Waals surface area contributed by atoms with Gasteiger partial charge in [0.1, 0.15) is 12.4 Å². The van der Waals surface area contributed by atoms with Gasteiger partial charge in [-0.1, -0.05) is 18.2 Å². The summed E-state index contributed by atoms with van der Waals surface area (Å²) in [4.78, 5) is 16.2. The SMILES string of the molecule is O=C1COC2CN(Cc3ccc(F)c(F)c3)CC2N1Cc1ccc(F)cc1. The van der Waals surface area contributed by atoms with Gasteiger partial charge in [0.25, 0.3) is 0 Å². The van der Waals surface area contributed by atoms with Crippen LogP contribution in [0.3, 0.4) is 0 Å². The number of fused-ring (bicyclic) bond motifs is 1. The Labute approximate surface area is 155 Å². The van der Waals surface area contributed by atoms with Gasteiger partial charge in [0.2, 0.25) is 5.91 Å². The van der Waals surface area contributed by atoms with Crippen molar-refractivity contribution in [3.63, 3.8) is 0 Å². The average molecular weight is 376 g/mol. The molecule has 0 spiro atoms. The Kier molecular flexibility index (Phi) is 4.88. The van der Waals surface area contributed by atoms with Crippen LogP contribution >= 0.6 is 0 Å². The van der Waals surface area contributed by atoms with Crippen molar-refractivity contribution < 1.29 is 22.7 Å². The maximum atomic E-state index is 13.4. The average Bonchev–Trinajstić information content (AvgIpc) is 3.05. The molecule has 7 heteroatoms. The van der Waals surface area contributed by atoms with Crippen LogP contribution in [0.2, 0.25) is 0 Å². The van der Waals surface area contributed by atoms with E-state index in [4.69, 9.17) is 4.74 Å². The summed E-state index contributed by atoms with van der Waals surface area (Å²) in [5, 5.41) is 0. The normalized spacial score (nSPS) is 22.9. The van der Waals surface area contributed by atoms with Crippen LogP contribution in [-0.4, -0.2) is 47.5 Å². The maximum absolute atomic E-state index is 13.4. The smallest absolute Gasteiger partial charge is 0.249 e. The molecule has 2 aromatic rings. The van der Waals surface area contributed by atoms with Crippen LogP contribution in [0, 0.1) is 17.5 Å². The second kappa shape index (κ2) is 7.32. The second-order valence-electron chi connectivity index (χ2n) is 7.01. The molecular formula is C20H19F3N2O2. The topological polar surface area (TPSA) is 32.8 Å². The van der Waals surface area contributed by atoms with E-state index in [0.717, 1.165) is 11.6 Å². The van der Waals surface area contributed by atoms with Gasteiger partial charge in [-0.2, -0.15) is 0 Å². The molecular weight excluding hydrogens is 357 g/mol. The Hall–Kier alpha value is -2.38. The van der Waals surface area contributed by atoms with Gasteiger partial charge in [0, 0.05) is 26.2 Å². The van der Waals surface area contributed by atoms with E-state index >= 15 is 0 Å². The fraction of sp³-hybridized carbons (Fsp3) is 0.350. The molecule has 2 unspecified atom stereocenters. The van der Waals surface area contributed by atoms with Crippen molar-refractivity contribution in [1.29, 1.82) is 0 Å². The lowest BCUT2D eigenvalue weighted by Crippen LogP contribution is -2.53. The molecule has 2 aromatic carbocycles. The van der Waals surface area contributed by atoms with Gasteiger partial charge < -0.3 is 9.64 Å². The molecule has 0 aromatic heterocycles. The lowest BCUT2D eigenvalue weighted by Gasteiger charge is -2.36. The van der Waals surface area contributed by atoms with Crippen molar-refractivity contribution in [3.8, 4) is 0 Å². The number of likely N-dealkylation sites (tertiary alicyclic amines) is 1. The fourth-order valence-electron chi connectivity index (χ4n) is 3.76. The van der Waals surface area contributed by atoms with Gasteiger partial charge in [-0.05, 0) is 35.4 Å². The standard InChI is InChI=1S/C20H19F3N2O2/c21-15-4-1-13(2-5-15)9-25-18-10-24(11-19(18)27-12-20(25)26)8-14-3-6-16(22)17(23)7-14/h1-7,18-19H,8-12H2. The summed E-state index contributed by atoms with van der Waals surface area (Å²) in [5.41, 5.74) is 1.52. The fourth-order valence-corrected chi connectivity index (χ4v) is 3.76. The molecule has 2 saturated heterocycles. The number of nitrogens with zero attached hydrogens (tertiary/aromatic N) is 2. The zero-order chi connectivity index (χ0) is 19.0. The molecule has 2 fully saturated rings. The molecule has 0 bridgehead atoms. The van der Waals surface area contributed by atoms with E-state index in [1.54, 1.807) is 23.1 Å². The quantitative estimate of drug-likeness (QED) is 0.823. The molecule has 0 saturated carbocycles. The molecule has 2 aliphatic heterocycles. The predicted molar refractivity (Wildman–Crippen MR) is 92.1 cm³/mol. The zero-order valence-electron chi connectivity index (χ0n) is 14.6. The van der Waals surface area contributed by atoms with Crippen molar-refractivity contribution >= 4 is 5.91 Å². The Bertz CT molecular complexity index is 844. The van der Waals surface area contributed by atoms with Crippen LogP contribution in [-0.2, 0) is 22.6 Å². The molecule has 0 aliphatic carbocycles. The molecule has 142 valence electrons. The Morgan fingerprint density at radius 3 is 2.41 bits per heavy atom. The summed E-state index contributed by atoms with van der Waals surface area (Å²) in [6.45, 7) is 2.05. The largest absolute Gasteiger partial charge is 0.365 e. The third-order valence-corrected chi connectivity index (χ3v) is 5.11. The van der Waals surface area contributed by atoms with Crippen LogP contribution in [0.1, 0.15) is 11.1 Å². The van der Waals surface area contributed by atoms with Crippen molar-refractivity contribution in [2.75, 3.05) is 19.7 Å². The first-order valence-corrected chi connectivity index (χ1v) is 8.81. The zero-order valence-corrected chi connectivity index (χ0v) is 14.6. The van der Waals surface area contributed by atoms with Gasteiger partial charge in [-0.25, -0.2) is 13.2 Å². The Balaban J connectivity index is 1.46. The summed E-state index contributed by atoms with van der Waals surface area (Å²) in [6.07, 6.45) is -0.131. The monoisotopic (exact) mass is 376 g/mol. The Morgan fingerprint density at radius 1 is 0.926 bits per heavy atom. The second-order valence-corrected chi connectivity index (χ2v) is 7.01. The number of carbonyl (C=O) groups is 1. The summed E-state index contributed by atoms with van der Waals surface area (Å²) < 4.78 is 45.3. The van der Waals surface area contributed by atoms with Gasteiger partial charge in [-0.3, -0.25) is 9.69 Å². The third kappa shape index (κ3) is 3.84. The van der Waals surface area contributed by atoms with E-state index in [0.29, 0.717) is 31.7 Å². The van der Waals surface area contributed by atoms with Gasteiger partial charge in [-0.15, -0.1) is 0 Å². The van der Waals surface area contributed by atoms with Gasteiger partial charge in [0.15, 0.2) is 11.6 Å². The molecule has 2 heterocycles. The molecule has 2 aliphatic rings. The first-order chi connectivity index (χ1) is 13.0. The minimum atomic E-state index is -0.867. The first-order valence-electron chi connectivity index (χ1n) is 8.81. The van der Waals surface area contributed by atoms with E-state index in [2.05, 4.69) is 4.90 Å². The molecule has 0 radical (unpaired) electrons. The molecule has 2 atom stereocenters. The van der Waals surface area contributed by atoms with Crippen molar-refractivity contribution in [3.05, 3.63) is 71.0 Å². The van der Waals surface area contributed by atoms with Crippen LogP contribution in [0.4, 0.5) is 13.2 Å². The maximum Gasteiger partial charge on any atom is 0.249 e. The van der Waals surface area contributed by atoms with Gasteiger partial charge >= 0.3 is 0 Å². The predicted octanol–water partition coefficient (Wildman–Crippen LogP) is 2.72. The number of ether oxygens (including phenoxy) is 1. The minimum Gasteiger partial charge on any atom is -0.365 e. The van der Waals surface area contributed by atoms with Crippen LogP contribution in [0.25, 0.3) is 0 Å².